The second-order valence-corrected chi connectivity index (χ2v) is 8.76. The first-order valence-corrected chi connectivity index (χ1v) is 11.2. The van der Waals surface area contributed by atoms with Gasteiger partial charge in [-0.1, -0.05) is 44.2 Å². The van der Waals surface area contributed by atoms with Gasteiger partial charge >= 0.3 is 0 Å². The first-order valence-electron chi connectivity index (χ1n) is 11.2. The van der Waals surface area contributed by atoms with Crippen molar-refractivity contribution >= 4 is 22.9 Å². The third-order valence-corrected chi connectivity index (χ3v) is 5.78. The van der Waals surface area contributed by atoms with Crippen LogP contribution in [0.2, 0.25) is 0 Å². The summed E-state index contributed by atoms with van der Waals surface area (Å²) in [7, 11) is 0. The molecule has 4 rings (SSSR count). The number of benzene rings is 2. The molecular weight excluding hydrogens is 398 g/mol. The Hall–Kier alpha value is -3.52. The number of hydrogen-bond acceptors (Lipinski definition) is 3. The molecule has 1 aliphatic rings. The van der Waals surface area contributed by atoms with Gasteiger partial charge in [-0.2, -0.15) is 5.26 Å². The maximum Gasteiger partial charge on any atom is 0.262 e. The van der Waals surface area contributed by atoms with Gasteiger partial charge in [-0.3, -0.25) is 4.79 Å². The molecule has 1 aliphatic carbocycles. The molecule has 3 aromatic rings. The SMILES string of the molecule is Cc1ccc(C(C)C)c(OCCn2cc(/C=C(\C#N)C(=O)NC3CC3)c3ccccc32)c1. The molecule has 1 N–H and O–H groups in total. The van der Waals surface area contributed by atoms with Crippen LogP contribution in [-0.4, -0.2) is 23.1 Å². The van der Waals surface area contributed by atoms with Gasteiger partial charge in [0.2, 0.25) is 0 Å². The predicted molar refractivity (Wildman–Crippen MR) is 127 cm³/mol. The average Bonchev–Trinajstić information content (AvgIpc) is 3.52. The van der Waals surface area contributed by atoms with Gasteiger partial charge < -0.3 is 14.6 Å². The molecule has 0 bridgehead atoms. The van der Waals surface area contributed by atoms with E-state index in [1.165, 1.54) is 11.1 Å². The van der Waals surface area contributed by atoms with Crippen LogP contribution in [-0.2, 0) is 11.3 Å². The topological polar surface area (TPSA) is 67.0 Å². The highest BCUT2D eigenvalue weighted by Crippen LogP contribution is 2.28. The summed E-state index contributed by atoms with van der Waals surface area (Å²) in [5.74, 6) is 1.02. The zero-order chi connectivity index (χ0) is 22.7. The number of aryl methyl sites for hydroxylation is 1. The van der Waals surface area contributed by atoms with Crippen LogP contribution in [0, 0.1) is 18.3 Å². The van der Waals surface area contributed by atoms with Gasteiger partial charge in [0.15, 0.2) is 0 Å². The lowest BCUT2D eigenvalue weighted by atomic mass is 10.0. The van der Waals surface area contributed by atoms with E-state index in [-0.39, 0.29) is 17.5 Å². The summed E-state index contributed by atoms with van der Waals surface area (Å²) in [6.45, 7) is 7.60. The van der Waals surface area contributed by atoms with Crippen molar-refractivity contribution < 1.29 is 9.53 Å². The van der Waals surface area contributed by atoms with Gasteiger partial charge in [0.1, 0.15) is 24.0 Å². The summed E-state index contributed by atoms with van der Waals surface area (Å²) < 4.78 is 8.30. The number of rotatable bonds is 8. The quantitative estimate of drug-likeness (QED) is 0.390. The van der Waals surface area contributed by atoms with Crippen molar-refractivity contribution in [1.29, 1.82) is 5.26 Å². The summed E-state index contributed by atoms with van der Waals surface area (Å²) in [4.78, 5) is 12.4. The van der Waals surface area contributed by atoms with Crippen LogP contribution in [0.1, 0.15) is 49.3 Å². The van der Waals surface area contributed by atoms with Gasteiger partial charge in [0.05, 0.1) is 6.54 Å². The summed E-state index contributed by atoms with van der Waals surface area (Å²) in [5.41, 5.74) is 4.43. The van der Waals surface area contributed by atoms with E-state index in [4.69, 9.17) is 4.74 Å². The molecule has 32 heavy (non-hydrogen) atoms. The van der Waals surface area contributed by atoms with Gasteiger partial charge in [-0.25, -0.2) is 0 Å². The van der Waals surface area contributed by atoms with Gasteiger partial charge in [-0.05, 0) is 55.0 Å². The standard InChI is InChI=1S/C27H29N3O2/c1-18(2)23-11-8-19(3)14-26(23)32-13-12-30-17-21(24-6-4-5-7-25(24)30)15-20(16-28)27(31)29-22-9-10-22/h4-8,11,14-15,17-18,22H,9-10,12-13H2,1-3H3,(H,29,31)/b20-15+. The van der Waals surface area contributed by atoms with Gasteiger partial charge in [-0.15, -0.1) is 0 Å². The van der Waals surface area contributed by atoms with Crippen molar-refractivity contribution in [2.45, 2.75) is 52.1 Å². The Labute approximate surface area is 189 Å². The number of para-hydroxylation sites is 1. The lowest BCUT2D eigenvalue weighted by Crippen LogP contribution is -2.26. The van der Waals surface area contributed by atoms with E-state index in [9.17, 15) is 10.1 Å². The Bertz CT molecular complexity index is 1210. The maximum absolute atomic E-state index is 12.4. The minimum Gasteiger partial charge on any atom is -0.491 e. The van der Waals surface area contributed by atoms with Crippen LogP contribution < -0.4 is 10.1 Å². The van der Waals surface area contributed by atoms with Crippen molar-refractivity contribution in [3.63, 3.8) is 0 Å². The van der Waals surface area contributed by atoms with Crippen LogP contribution in [0.3, 0.4) is 0 Å². The minimum atomic E-state index is -0.296. The molecule has 0 aliphatic heterocycles. The van der Waals surface area contributed by atoms with E-state index in [0.29, 0.717) is 19.1 Å². The van der Waals surface area contributed by atoms with E-state index in [0.717, 1.165) is 35.1 Å². The van der Waals surface area contributed by atoms with Crippen LogP contribution in [0.4, 0.5) is 0 Å². The highest BCUT2D eigenvalue weighted by Gasteiger charge is 2.25. The Morgan fingerprint density at radius 1 is 1.28 bits per heavy atom. The van der Waals surface area contributed by atoms with E-state index < -0.39 is 0 Å². The number of nitriles is 1. The van der Waals surface area contributed by atoms with Crippen molar-refractivity contribution in [3.05, 3.63) is 70.9 Å². The number of carbonyl (C=O) groups excluding carboxylic acids is 1. The van der Waals surface area contributed by atoms with Gasteiger partial charge in [0, 0.05) is 28.7 Å². The molecule has 5 heteroatoms. The zero-order valence-electron chi connectivity index (χ0n) is 18.9. The summed E-state index contributed by atoms with van der Waals surface area (Å²) in [6, 6.07) is 16.7. The third kappa shape index (κ3) is 4.86. The molecule has 0 radical (unpaired) electrons. The zero-order valence-corrected chi connectivity index (χ0v) is 18.9. The van der Waals surface area contributed by atoms with Crippen LogP contribution in [0.5, 0.6) is 5.75 Å². The second-order valence-electron chi connectivity index (χ2n) is 8.76. The third-order valence-electron chi connectivity index (χ3n) is 5.78. The Morgan fingerprint density at radius 3 is 2.78 bits per heavy atom. The lowest BCUT2D eigenvalue weighted by Gasteiger charge is -2.15. The van der Waals surface area contributed by atoms with Crippen molar-refractivity contribution in [2.24, 2.45) is 0 Å². The van der Waals surface area contributed by atoms with E-state index in [1.54, 1.807) is 6.08 Å². The summed E-state index contributed by atoms with van der Waals surface area (Å²) in [5, 5.41) is 13.4. The largest absolute Gasteiger partial charge is 0.491 e. The predicted octanol–water partition coefficient (Wildman–Crippen LogP) is 5.34. The van der Waals surface area contributed by atoms with E-state index in [1.807, 2.05) is 24.4 Å². The number of carbonyl (C=O) groups is 1. The number of ether oxygens (including phenoxy) is 1. The number of aromatic nitrogens is 1. The van der Waals surface area contributed by atoms with E-state index in [2.05, 4.69) is 61.0 Å². The number of fused-ring (bicyclic) bond motifs is 1. The molecule has 1 aromatic heterocycles. The fourth-order valence-corrected chi connectivity index (χ4v) is 3.87. The highest BCUT2D eigenvalue weighted by molar-refractivity contribution is 6.04. The first-order chi connectivity index (χ1) is 15.5. The molecule has 0 saturated heterocycles. The fraction of sp³-hybridized carbons (Fsp3) is 0.333. The first kappa shape index (κ1) is 21.7. The molecule has 1 amide bonds. The normalized spacial score (nSPS) is 13.9. The van der Waals surface area contributed by atoms with E-state index >= 15 is 0 Å². The molecule has 1 fully saturated rings. The van der Waals surface area contributed by atoms with Crippen LogP contribution in [0.15, 0.2) is 54.2 Å². The molecule has 5 nitrogen and oxygen atoms in total. The van der Waals surface area contributed by atoms with Crippen LogP contribution >= 0.6 is 0 Å². The maximum atomic E-state index is 12.4. The molecule has 0 atom stereocenters. The smallest absolute Gasteiger partial charge is 0.262 e. The van der Waals surface area contributed by atoms with Crippen molar-refractivity contribution in [2.75, 3.05) is 6.61 Å². The van der Waals surface area contributed by atoms with Crippen molar-refractivity contribution in [1.82, 2.24) is 9.88 Å². The number of nitrogens with one attached hydrogen (secondary N) is 1. The minimum absolute atomic E-state index is 0.136. The lowest BCUT2D eigenvalue weighted by molar-refractivity contribution is -0.117. The highest BCUT2D eigenvalue weighted by atomic mass is 16.5. The summed E-state index contributed by atoms with van der Waals surface area (Å²) >= 11 is 0. The molecule has 0 unspecified atom stereocenters. The number of nitrogens with zero attached hydrogens (tertiary/aromatic N) is 2. The molecule has 1 saturated carbocycles. The second kappa shape index (κ2) is 9.32. The summed E-state index contributed by atoms with van der Waals surface area (Å²) in [6.07, 6.45) is 5.66. The monoisotopic (exact) mass is 427 g/mol. The number of hydrogen-bond donors (Lipinski definition) is 1. The van der Waals surface area contributed by atoms with Gasteiger partial charge in [0.25, 0.3) is 5.91 Å². The Morgan fingerprint density at radius 2 is 2.06 bits per heavy atom. The van der Waals surface area contributed by atoms with Crippen LogP contribution in [0.25, 0.3) is 17.0 Å². The molecule has 1 heterocycles. The molecule has 0 spiro atoms. The molecular formula is C27H29N3O2. The Kier molecular flexibility index (Phi) is 6.32. The average molecular weight is 428 g/mol. The number of amides is 1. The molecule has 164 valence electrons. The fourth-order valence-electron chi connectivity index (χ4n) is 3.87. The molecule has 2 aromatic carbocycles. The Balaban J connectivity index is 1.56. The van der Waals surface area contributed by atoms with Crippen molar-refractivity contribution in [3.8, 4) is 11.8 Å².